The molecule has 3 rings (SSSR count). The Labute approximate surface area is 200 Å². The SMILES string of the molecule is CC(=O)O[C@@H]1[C@@H](O[C@@H]2O[C@@H](C)[C@H](O)[C@@H](O)[C@H]2O)[C@@H](O)[C@H](OC[C@H]2O[C@@H](O)[C@H](O)[C@@H](O)[C@H]2O)O[C@H]1C. The molecule has 0 aliphatic carbocycles. The van der Waals surface area contributed by atoms with E-state index >= 15 is 0 Å². The summed E-state index contributed by atoms with van der Waals surface area (Å²) in [4.78, 5) is 11.6. The minimum atomic E-state index is -1.80. The van der Waals surface area contributed by atoms with Crippen molar-refractivity contribution in [1.29, 1.82) is 0 Å². The summed E-state index contributed by atoms with van der Waals surface area (Å²) in [6.45, 7) is 3.54. The van der Waals surface area contributed by atoms with Gasteiger partial charge in [-0.05, 0) is 13.8 Å². The van der Waals surface area contributed by atoms with Gasteiger partial charge in [0.15, 0.2) is 25.0 Å². The summed E-state index contributed by atoms with van der Waals surface area (Å²) in [6.07, 6.45) is -22.0. The highest BCUT2D eigenvalue weighted by Gasteiger charge is 2.52. The smallest absolute Gasteiger partial charge is 0.303 e. The van der Waals surface area contributed by atoms with Gasteiger partial charge in [0.1, 0.15) is 54.9 Å². The van der Waals surface area contributed by atoms with E-state index in [4.69, 9.17) is 28.4 Å². The fourth-order valence-corrected chi connectivity index (χ4v) is 4.18. The van der Waals surface area contributed by atoms with Crippen molar-refractivity contribution in [2.75, 3.05) is 6.61 Å². The van der Waals surface area contributed by atoms with Gasteiger partial charge >= 0.3 is 5.97 Å². The van der Waals surface area contributed by atoms with Crippen molar-refractivity contribution in [3.63, 3.8) is 0 Å². The lowest BCUT2D eigenvalue weighted by Crippen LogP contribution is -2.64. The maximum Gasteiger partial charge on any atom is 0.303 e. The van der Waals surface area contributed by atoms with Crippen LogP contribution in [0.5, 0.6) is 0 Å². The van der Waals surface area contributed by atoms with Gasteiger partial charge in [0.25, 0.3) is 0 Å². The minimum Gasteiger partial charge on any atom is -0.457 e. The molecule has 3 aliphatic rings. The van der Waals surface area contributed by atoms with Gasteiger partial charge in [-0.2, -0.15) is 0 Å². The monoisotopic (exact) mass is 514 g/mol. The van der Waals surface area contributed by atoms with E-state index in [9.17, 15) is 45.6 Å². The van der Waals surface area contributed by atoms with E-state index in [0.29, 0.717) is 0 Å². The van der Waals surface area contributed by atoms with Crippen LogP contribution < -0.4 is 0 Å². The first-order chi connectivity index (χ1) is 16.3. The molecule has 0 aromatic rings. The third-order valence-electron chi connectivity index (χ3n) is 6.26. The fourth-order valence-electron chi connectivity index (χ4n) is 4.18. The summed E-state index contributed by atoms with van der Waals surface area (Å²) in [5.41, 5.74) is 0. The Bertz CT molecular complexity index is 710. The molecule has 15 atom stereocenters. The van der Waals surface area contributed by atoms with Crippen LogP contribution in [0.25, 0.3) is 0 Å². The molecule has 0 radical (unpaired) electrons. The molecule has 8 N–H and O–H groups in total. The van der Waals surface area contributed by atoms with Crippen molar-refractivity contribution in [2.45, 2.75) is 113 Å². The van der Waals surface area contributed by atoms with Crippen molar-refractivity contribution >= 4 is 5.97 Å². The van der Waals surface area contributed by atoms with Crippen LogP contribution in [-0.4, -0.2) is 146 Å². The zero-order valence-corrected chi connectivity index (χ0v) is 19.3. The second-order valence-electron chi connectivity index (χ2n) is 8.93. The first-order valence-electron chi connectivity index (χ1n) is 11.2. The summed E-state index contributed by atoms with van der Waals surface area (Å²) in [5, 5.41) is 80.3. The minimum absolute atomic E-state index is 0.508. The van der Waals surface area contributed by atoms with Crippen LogP contribution in [0, 0.1) is 0 Å². The third-order valence-corrected chi connectivity index (χ3v) is 6.26. The first-order valence-corrected chi connectivity index (χ1v) is 11.2. The fraction of sp³-hybridized carbons (Fsp3) is 0.950. The van der Waals surface area contributed by atoms with E-state index in [-0.39, 0.29) is 0 Å². The van der Waals surface area contributed by atoms with Crippen molar-refractivity contribution in [3.05, 3.63) is 0 Å². The van der Waals surface area contributed by atoms with Crippen LogP contribution in [0.4, 0.5) is 0 Å². The molecule has 3 fully saturated rings. The molecule has 0 spiro atoms. The second-order valence-corrected chi connectivity index (χ2v) is 8.93. The Morgan fingerprint density at radius 2 is 1.29 bits per heavy atom. The average molecular weight is 514 g/mol. The summed E-state index contributed by atoms with van der Waals surface area (Å²) >= 11 is 0. The molecule has 3 heterocycles. The Morgan fingerprint density at radius 1 is 0.686 bits per heavy atom. The van der Waals surface area contributed by atoms with Gasteiger partial charge in [-0.25, -0.2) is 0 Å². The molecule has 0 saturated carbocycles. The van der Waals surface area contributed by atoms with Crippen LogP contribution in [0.1, 0.15) is 20.8 Å². The summed E-state index contributed by atoms with van der Waals surface area (Å²) in [5.74, 6) is -0.722. The number of carbonyl (C=O) groups excluding carboxylic acids is 1. The van der Waals surface area contributed by atoms with Gasteiger partial charge < -0.3 is 69.3 Å². The first kappa shape index (κ1) is 28.5. The number of esters is 1. The summed E-state index contributed by atoms with van der Waals surface area (Å²) in [6, 6.07) is 0. The largest absolute Gasteiger partial charge is 0.457 e. The highest BCUT2D eigenvalue weighted by atomic mass is 16.7. The van der Waals surface area contributed by atoms with Gasteiger partial charge in [-0.3, -0.25) is 4.79 Å². The van der Waals surface area contributed by atoms with Gasteiger partial charge in [-0.1, -0.05) is 0 Å². The number of ether oxygens (including phenoxy) is 6. The lowest BCUT2D eigenvalue weighted by atomic mass is 9.97. The number of carbonyl (C=O) groups is 1. The molecule has 35 heavy (non-hydrogen) atoms. The van der Waals surface area contributed by atoms with E-state index in [1.807, 2.05) is 0 Å². The van der Waals surface area contributed by atoms with Gasteiger partial charge in [0.05, 0.1) is 18.8 Å². The lowest BCUT2D eigenvalue weighted by molar-refractivity contribution is -0.359. The van der Waals surface area contributed by atoms with Crippen LogP contribution in [0.15, 0.2) is 0 Å². The average Bonchev–Trinajstić information content (AvgIpc) is 2.80. The van der Waals surface area contributed by atoms with Gasteiger partial charge in [0.2, 0.25) is 0 Å². The molecule has 204 valence electrons. The number of aliphatic hydroxyl groups excluding tert-OH is 8. The quantitative estimate of drug-likeness (QED) is 0.155. The van der Waals surface area contributed by atoms with Gasteiger partial charge in [0, 0.05) is 6.92 Å². The second kappa shape index (κ2) is 11.6. The van der Waals surface area contributed by atoms with Crippen molar-refractivity contribution < 1.29 is 74.1 Å². The zero-order chi connectivity index (χ0) is 26.2. The highest BCUT2D eigenvalue weighted by molar-refractivity contribution is 5.66. The molecule has 0 unspecified atom stereocenters. The molecule has 0 aromatic heterocycles. The third kappa shape index (κ3) is 6.10. The molecule has 0 amide bonds. The predicted octanol–water partition coefficient (Wildman–Crippen LogP) is -4.95. The molecule has 15 heteroatoms. The molecule has 15 nitrogen and oxygen atoms in total. The van der Waals surface area contributed by atoms with Crippen LogP contribution in [0.3, 0.4) is 0 Å². The van der Waals surface area contributed by atoms with E-state index in [2.05, 4.69) is 0 Å². The Hall–Kier alpha value is -1.05. The molecule has 0 aromatic carbocycles. The number of aliphatic hydroxyl groups is 8. The van der Waals surface area contributed by atoms with E-state index in [1.54, 1.807) is 0 Å². The van der Waals surface area contributed by atoms with Gasteiger partial charge in [-0.15, -0.1) is 0 Å². The maximum absolute atomic E-state index is 11.6. The molecular weight excluding hydrogens is 480 g/mol. The maximum atomic E-state index is 11.6. The van der Waals surface area contributed by atoms with Crippen LogP contribution in [-0.2, 0) is 33.2 Å². The molecule has 3 aliphatic heterocycles. The molecule has 0 bridgehead atoms. The number of rotatable bonds is 6. The van der Waals surface area contributed by atoms with Crippen molar-refractivity contribution in [3.8, 4) is 0 Å². The molecular formula is C20H34O15. The lowest BCUT2D eigenvalue weighted by Gasteiger charge is -2.46. The summed E-state index contributed by atoms with van der Waals surface area (Å²) in [7, 11) is 0. The predicted molar refractivity (Wildman–Crippen MR) is 108 cm³/mol. The van der Waals surface area contributed by atoms with E-state index < -0.39 is 105 Å². The number of hydrogen-bond donors (Lipinski definition) is 8. The summed E-state index contributed by atoms with van der Waals surface area (Å²) < 4.78 is 32.4. The number of hydrogen-bond acceptors (Lipinski definition) is 15. The van der Waals surface area contributed by atoms with Crippen LogP contribution in [0.2, 0.25) is 0 Å². The standard InChI is InChI=1S/C20H34O15/c1-5-9(22)11(24)14(27)20(31-5)35-17-15(28)19(32-6(2)16(17)33-7(3)21)30-4-8-10(23)12(25)13(26)18(29)34-8/h5-6,8-20,22-29H,4H2,1-3H3/t5-,6-,8+,9-,10-,11+,12-,13+,14+,15+,16-,17-,18+,19+,20-/m0/s1. The van der Waals surface area contributed by atoms with E-state index in [0.717, 1.165) is 6.92 Å². The Morgan fingerprint density at radius 3 is 1.91 bits per heavy atom. The highest BCUT2D eigenvalue weighted by Crippen LogP contribution is 2.31. The Balaban J connectivity index is 1.73. The normalized spacial score (nSPS) is 51.1. The topological polar surface area (TPSA) is 234 Å². The zero-order valence-electron chi connectivity index (χ0n) is 19.3. The van der Waals surface area contributed by atoms with E-state index in [1.165, 1.54) is 13.8 Å². The molecule has 3 saturated heterocycles. The Kier molecular flexibility index (Phi) is 9.42. The van der Waals surface area contributed by atoms with Crippen molar-refractivity contribution in [1.82, 2.24) is 0 Å². The van der Waals surface area contributed by atoms with Crippen molar-refractivity contribution in [2.24, 2.45) is 0 Å². The van der Waals surface area contributed by atoms with Crippen LogP contribution >= 0.6 is 0 Å².